The zero-order valence-corrected chi connectivity index (χ0v) is 7.95. The van der Waals surface area contributed by atoms with Crippen molar-refractivity contribution in [3.8, 4) is 0 Å². The van der Waals surface area contributed by atoms with E-state index in [-0.39, 0.29) is 18.9 Å². The Morgan fingerprint density at radius 2 is 1.55 bits per heavy atom. The second kappa shape index (κ2) is 3.95. The average molecular weight is 141 g/mol. The topological polar surface area (TPSA) is 12.9 Å². The second-order valence-corrected chi connectivity index (χ2v) is 2.68. The van der Waals surface area contributed by atoms with Gasteiger partial charge in [-0.1, -0.05) is 39.6 Å². The molecule has 0 N–H and O–H groups in total. The van der Waals surface area contributed by atoms with Gasteiger partial charge in [0.1, 0.15) is 0 Å². The first-order chi connectivity index (χ1) is 4.63. The van der Waals surface area contributed by atoms with Gasteiger partial charge in [-0.3, -0.25) is 0 Å². The molecule has 0 fully saturated rings. The third-order valence-corrected chi connectivity index (χ3v) is 2.06. The van der Waals surface area contributed by atoms with Gasteiger partial charge in [-0.25, -0.2) is 0 Å². The van der Waals surface area contributed by atoms with Gasteiger partial charge in [0, 0.05) is 0 Å². The quantitative estimate of drug-likeness (QED) is 0.338. The van der Waals surface area contributed by atoms with Crippen LogP contribution in [0, 0.1) is 33.9 Å². The zero-order chi connectivity index (χ0) is 7.72. The van der Waals surface area contributed by atoms with Gasteiger partial charge >= 0.3 is 18.9 Å². The number of pyridine rings is 1. The van der Waals surface area contributed by atoms with Crippen LogP contribution < -0.4 is 18.9 Å². The normalized spacial score (nSPS) is 9.09. The SMILES string of the molecule is Cc1[c-]nc(C)c(C)c1C.[Li+]. The molecule has 0 aliphatic rings. The first-order valence-electron chi connectivity index (χ1n) is 3.45. The molecule has 1 rings (SSSR count). The standard InChI is InChI=1S/C9H12N.Li/c1-6-5-10-9(4)8(3)7(6)2;/h1-4H3;/q-1;+1. The van der Waals surface area contributed by atoms with Crippen LogP contribution in [0.15, 0.2) is 0 Å². The van der Waals surface area contributed by atoms with E-state index in [0.29, 0.717) is 0 Å². The second-order valence-electron chi connectivity index (χ2n) is 2.68. The molecule has 1 aromatic rings. The molecule has 1 heterocycles. The van der Waals surface area contributed by atoms with Crippen LogP contribution >= 0.6 is 0 Å². The van der Waals surface area contributed by atoms with Crippen LogP contribution in [0.1, 0.15) is 22.4 Å². The Hall–Kier alpha value is -0.253. The van der Waals surface area contributed by atoms with Gasteiger partial charge < -0.3 is 4.98 Å². The summed E-state index contributed by atoms with van der Waals surface area (Å²) in [6.45, 7) is 8.25. The molecule has 1 aromatic heterocycles. The average Bonchev–Trinajstić information content (AvgIpc) is 1.93. The van der Waals surface area contributed by atoms with Crippen LogP contribution in [0.25, 0.3) is 0 Å². The van der Waals surface area contributed by atoms with Crippen molar-refractivity contribution in [1.29, 1.82) is 0 Å². The first kappa shape index (κ1) is 10.7. The van der Waals surface area contributed by atoms with Crippen molar-refractivity contribution in [3.63, 3.8) is 0 Å². The van der Waals surface area contributed by atoms with Crippen LogP contribution in [0.5, 0.6) is 0 Å². The summed E-state index contributed by atoms with van der Waals surface area (Å²) in [5, 5.41) is 0. The van der Waals surface area contributed by atoms with Crippen molar-refractivity contribution in [2.75, 3.05) is 0 Å². The van der Waals surface area contributed by atoms with Crippen molar-refractivity contribution in [2.45, 2.75) is 27.7 Å². The van der Waals surface area contributed by atoms with E-state index in [4.69, 9.17) is 0 Å². The van der Waals surface area contributed by atoms with Gasteiger partial charge in [-0.05, 0) is 0 Å². The maximum Gasteiger partial charge on any atom is 1.00 e. The molecule has 1 nitrogen and oxygen atoms in total. The largest absolute Gasteiger partial charge is 1.00 e. The van der Waals surface area contributed by atoms with Crippen LogP contribution in [-0.2, 0) is 0 Å². The van der Waals surface area contributed by atoms with E-state index in [0.717, 1.165) is 11.3 Å². The van der Waals surface area contributed by atoms with Gasteiger partial charge in [0.05, 0.1) is 0 Å². The Bertz CT molecular complexity index is 229. The molecule has 2 heteroatoms. The molecule has 0 amide bonds. The number of hydrogen-bond acceptors (Lipinski definition) is 1. The van der Waals surface area contributed by atoms with Crippen LogP contribution in [-0.4, -0.2) is 4.98 Å². The fraction of sp³-hybridized carbons (Fsp3) is 0.444. The molecule has 0 bridgehead atoms. The van der Waals surface area contributed by atoms with Crippen molar-refractivity contribution < 1.29 is 18.9 Å². The third-order valence-electron chi connectivity index (χ3n) is 2.06. The molecule has 0 radical (unpaired) electrons. The molecule has 0 aromatic carbocycles. The Morgan fingerprint density at radius 3 is 2.00 bits per heavy atom. The summed E-state index contributed by atoms with van der Waals surface area (Å²) in [6.07, 6.45) is 2.96. The molecule has 0 spiro atoms. The van der Waals surface area contributed by atoms with Crippen molar-refractivity contribution in [1.82, 2.24) is 4.98 Å². The molecular weight excluding hydrogens is 129 g/mol. The predicted octanol–water partition coefficient (Wildman–Crippen LogP) is -0.881. The molecule has 54 valence electrons. The van der Waals surface area contributed by atoms with E-state index in [1.54, 1.807) is 0 Å². The van der Waals surface area contributed by atoms with Crippen molar-refractivity contribution in [2.24, 2.45) is 0 Å². The Labute approximate surface area is 80.4 Å². The van der Waals surface area contributed by atoms with Crippen molar-refractivity contribution >= 4 is 0 Å². The van der Waals surface area contributed by atoms with E-state index < -0.39 is 0 Å². The van der Waals surface area contributed by atoms with Gasteiger partial charge in [0.25, 0.3) is 0 Å². The maximum absolute atomic E-state index is 4.11. The molecular formula is C9H12LiN. The third kappa shape index (κ3) is 2.09. The van der Waals surface area contributed by atoms with Crippen molar-refractivity contribution in [3.05, 3.63) is 28.6 Å². The number of aromatic nitrogens is 1. The van der Waals surface area contributed by atoms with Gasteiger partial charge in [0.15, 0.2) is 0 Å². The van der Waals surface area contributed by atoms with E-state index >= 15 is 0 Å². The fourth-order valence-electron chi connectivity index (χ4n) is 0.888. The molecule has 0 atom stereocenters. The summed E-state index contributed by atoms with van der Waals surface area (Å²) < 4.78 is 0. The monoisotopic (exact) mass is 141 g/mol. The number of hydrogen-bond donors (Lipinski definition) is 0. The molecule has 0 aliphatic carbocycles. The summed E-state index contributed by atoms with van der Waals surface area (Å²) >= 11 is 0. The Morgan fingerprint density at radius 1 is 1.00 bits per heavy atom. The van der Waals surface area contributed by atoms with E-state index in [1.165, 1.54) is 11.1 Å². The molecule has 0 unspecified atom stereocenters. The van der Waals surface area contributed by atoms with Gasteiger partial charge in [-0.2, -0.15) is 5.56 Å². The minimum Gasteiger partial charge on any atom is -0.391 e. The van der Waals surface area contributed by atoms with E-state index in [9.17, 15) is 0 Å². The summed E-state index contributed by atoms with van der Waals surface area (Å²) in [4.78, 5) is 4.11. The van der Waals surface area contributed by atoms with Gasteiger partial charge in [-0.15, -0.1) is 11.1 Å². The van der Waals surface area contributed by atoms with E-state index in [2.05, 4.69) is 25.0 Å². The number of aryl methyl sites for hydroxylation is 2. The fourth-order valence-corrected chi connectivity index (χ4v) is 0.888. The Balaban J connectivity index is 0.000001000. The summed E-state index contributed by atoms with van der Waals surface area (Å²) in [5.41, 5.74) is 4.84. The van der Waals surface area contributed by atoms with Gasteiger partial charge in [0.2, 0.25) is 0 Å². The summed E-state index contributed by atoms with van der Waals surface area (Å²) in [5.74, 6) is 0. The van der Waals surface area contributed by atoms with Crippen LogP contribution in [0.3, 0.4) is 0 Å². The minimum absolute atomic E-state index is 0. The molecule has 11 heavy (non-hydrogen) atoms. The number of nitrogens with zero attached hydrogens (tertiary/aromatic N) is 1. The maximum atomic E-state index is 4.11. The predicted molar refractivity (Wildman–Crippen MR) is 42.0 cm³/mol. The zero-order valence-electron chi connectivity index (χ0n) is 7.95. The molecule has 0 aliphatic heterocycles. The van der Waals surface area contributed by atoms with Crippen LogP contribution in [0.2, 0.25) is 0 Å². The molecule has 0 saturated heterocycles. The Kier molecular flexibility index (Phi) is 3.86. The smallest absolute Gasteiger partial charge is 0.391 e. The minimum atomic E-state index is 0. The summed E-state index contributed by atoms with van der Waals surface area (Å²) in [7, 11) is 0. The van der Waals surface area contributed by atoms with Crippen LogP contribution in [0.4, 0.5) is 0 Å². The van der Waals surface area contributed by atoms with E-state index in [1.807, 2.05) is 13.8 Å². The first-order valence-corrected chi connectivity index (χ1v) is 3.45. The summed E-state index contributed by atoms with van der Waals surface area (Å²) in [6, 6.07) is 0. The molecule has 0 saturated carbocycles. The number of rotatable bonds is 0.